The van der Waals surface area contributed by atoms with Crippen LogP contribution in [0.5, 0.6) is 0 Å². The lowest BCUT2D eigenvalue weighted by molar-refractivity contribution is -0.384. The van der Waals surface area contributed by atoms with Gasteiger partial charge >= 0.3 is 5.69 Å². The summed E-state index contributed by atoms with van der Waals surface area (Å²) in [4.78, 5) is 20.3. The van der Waals surface area contributed by atoms with Gasteiger partial charge in [-0.1, -0.05) is 18.5 Å². The zero-order chi connectivity index (χ0) is 13.3. The predicted molar refractivity (Wildman–Crippen MR) is 68.9 cm³/mol. The Morgan fingerprint density at radius 1 is 1.44 bits per heavy atom. The van der Waals surface area contributed by atoms with Gasteiger partial charge in [0.05, 0.1) is 4.92 Å². The standard InChI is InChI=1S/C11H15ClN4O2/c1-7-3-4-8(2)15(5-7)11-9(16(17)18)10(12)13-6-14-11/h6-8H,3-5H2,1-2H3. The van der Waals surface area contributed by atoms with E-state index in [1.54, 1.807) is 0 Å². The third-order valence-electron chi connectivity index (χ3n) is 3.33. The molecular weight excluding hydrogens is 256 g/mol. The van der Waals surface area contributed by atoms with Gasteiger partial charge in [-0.25, -0.2) is 9.97 Å². The molecule has 0 aliphatic carbocycles. The summed E-state index contributed by atoms with van der Waals surface area (Å²) in [7, 11) is 0. The van der Waals surface area contributed by atoms with Gasteiger partial charge in [0, 0.05) is 12.6 Å². The first kappa shape index (κ1) is 13.0. The van der Waals surface area contributed by atoms with Crippen LogP contribution in [-0.2, 0) is 0 Å². The number of nitro groups is 1. The number of anilines is 1. The van der Waals surface area contributed by atoms with Gasteiger partial charge in [0.2, 0.25) is 11.0 Å². The van der Waals surface area contributed by atoms with E-state index in [1.807, 2.05) is 11.8 Å². The maximum Gasteiger partial charge on any atom is 0.348 e. The lowest BCUT2D eigenvalue weighted by Gasteiger charge is -2.37. The molecule has 0 spiro atoms. The van der Waals surface area contributed by atoms with Crippen LogP contribution in [0, 0.1) is 16.0 Å². The fourth-order valence-electron chi connectivity index (χ4n) is 2.30. The third kappa shape index (κ3) is 2.38. The van der Waals surface area contributed by atoms with Gasteiger partial charge in [-0.2, -0.15) is 0 Å². The topological polar surface area (TPSA) is 72.2 Å². The fourth-order valence-corrected chi connectivity index (χ4v) is 2.50. The van der Waals surface area contributed by atoms with E-state index in [0.717, 1.165) is 19.4 Å². The van der Waals surface area contributed by atoms with Gasteiger partial charge in [-0.15, -0.1) is 0 Å². The zero-order valence-corrected chi connectivity index (χ0v) is 11.1. The van der Waals surface area contributed by atoms with Crippen molar-refractivity contribution in [1.82, 2.24) is 9.97 Å². The molecule has 2 rings (SSSR count). The Morgan fingerprint density at radius 3 is 2.83 bits per heavy atom. The van der Waals surface area contributed by atoms with Crippen molar-refractivity contribution in [1.29, 1.82) is 0 Å². The number of halogens is 1. The van der Waals surface area contributed by atoms with E-state index in [-0.39, 0.29) is 16.9 Å². The van der Waals surface area contributed by atoms with E-state index in [2.05, 4.69) is 16.9 Å². The van der Waals surface area contributed by atoms with Crippen LogP contribution in [0.4, 0.5) is 11.5 Å². The minimum atomic E-state index is -0.510. The number of hydrogen-bond acceptors (Lipinski definition) is 5. The monoisotopic (exact) mass is 270 g/mol. The molecule has 2 atom stereocenters. The molecule has 7 heteroatoms. The maximum atomic E-state index is 11.1. The minimum absolute atomic E-state index is 0.101. The number of rotatable bonds is 2. The molecule has 1 aliphatic rings. The number of piperidine rings is 1. The van der Waals surface area contributed by atoms with E-state index in [9.17, 15) is 10.1 Å². The van der Waals surface area contributed by atoms with Crippen molar-refractivity contribution < 1.29 is 4.92 Å². The van der Waals surface area contributed by atoms with Crippen molar-refractivity contribution in [3.63, 3.8) is 0 Å². The molecule has 0 amide bonds. The van der Waals surface area contributed by atoms with Gasteiger partial charge in [-0.05, 0) is 25.7 Å². The minimum Gasteiger partial charge on any atom is -0.348 e. The van der Waals surface area contributed by atoms with E-state index in [4.69, 9.17) is 11.6 Å². The molecule has 0 saturated carbocycles. The van der Waals surface area contributed by atoms with Gasteiger partial charge in [0.1, 0.15) is 6.33 Å². The second-order valence-electron chi connectivity index (χ2n) is 4.78. The van der Waals surface area contributed by atoms with Gasteiger partial charge < -0.3 is 4.90 Å². The second-order valence-corrected chi connectivity index (χ2v) is 5.14. The Labute approximate surface area is 110 Å². The van der Waals surface area contributed by atoms with E-state index in [1.165, 1.54) is 6.33 Å². The molecule has 0 radical (unpaired) electrons. The average molecular weight is 271 g/mol. The summed E-state index contributed by atoms with van der Waals surface area (Å²) in [6.45, 7) is 4.94. The number of hydrogen-bond donors (Lipinski definition) is 0. The predicted octanol–water partition coefficient (Wildman–Crippen LogP) is 2.66. The highest BCUT2D eigenvalue weighted by Crippen LogP contribution is 2.35. The first-order chi connectivity index (χ1) is 8.50. The molecule has 98 valence electrons. The van der Waals surface area contributed by atoms with E-state index in [0.29, 0.717) is 11.7 Å². The summed E-state index contributed by atoms with van der Waals surface area (Å²) in [6.07, 6.45) is 3.40. The summed E-state index contributed by atoms with van der Waals surface area (Å²) in [5, 5.41) is 11.0. The van der Waals surface area contributed by atoms with Crippen LogP contribution >= 0.6 is 11.6 Å². The molecule has 1 aromatic rings. The lowest BCUT2D eigenvalue weighted by atomic mass is 9.95. The van der Waals surface area contributed by atoms with Gasteiger partial charge in [0.25, 0.3) is 0 Å². The molecular formula is C11H15ClN4O2. The highest BCUT2D eigenvalue weighted by molar-refractivity contribution is 6.31. The number of nitrogens with zero attached hydrogens (tertiary/aromatic N) is 4. The van der Waals surface area contributed by atoms with Crippen LogP contribution in [-0.4, -0.2) is 27.5 Å². The van der Waals surface area contributed by atoms with Crippen molar-refractivity contribution in [2.45, 2.75) is 32.7 Å². The summed E-state index contributed by atoms with van der Waals surface area (Å²) >= 11 is 5.81. The SMILES string of the molecule is CC1CCC(C)N(c2ncnc(Cl)c2[N+](=O)[O-])C1. The Kier molecular flexibility index (Phi) is 3.65. The molecule has 0 N–H and O–H groups in total. The zero-order valence-electron chi connectivity index (χ0n) is 10.3. The van der Waals surface area contributed by atoms with Crippen LogP contribution in [0.2, 0.25) is 5.15 Å². The molecule has 0 bridgehead atoms. The molecule has 1 aliphatic heterocycles. The fraction of sp³-hybridized carbons (Fsp3) is 0.636. The van der Waals surface area contributed by atoms with E-state index < -0.39 is 4.92 Å². The normalized spacial score (nSPS) is 24.1. The van der Waals surface area contributed by atoms with Crippen molar-refractivity contribution in [2.75, 3.05) is 11.4 Å². The van der Waals surface area contributed by atoms with Crippen molar-refractivity contribution in [2.24, 2.45) is 5.92 Å². The third-order valence-corrected chi connectivity index (χ3v) is 3.61. The molecule has 1 aromatic heterocycles. The summed E-state index contributed by atoms with van der Waals surface area (Å²) in [5.74, 6) is 0.827. The number of aromatic nitrogens is 2. The summed E-state index contributed by atoms with van der Waals surface area (Å²) in [6, 6.07) is 0.228. The lowest BCUT2D eigenvalue weighted by Crippen LogP contribution is -2.42. The largest absolute Gasteiger partial charge is 0.348 e. The first-order valence-electron chi connectivity index (χ1n) is 5.92. The Bertz CT molecular complexity index is 468. The molecule has 0 aromatic carbocycles. The van der Waals surface area contributed by atoms with Crippen molar-refractivity contribution in [3.05, 3.63) is 21.6 Å². The van der Waals surface area contributed by atoms with Crippen LogP contribution in [0.25, 0.3) is 0 Å². The van der Waals surface area contributed by atoms with Crippen molar-refractivity contribution in [3.8, 4) is 0 Å². The highest BCUT2D eigenvalue weighted by Gasteiger charge is 2.31. The van der Waals surface area contributed by atoms with E-state index >= 15 is 0 Å². The Hall–Kier alpha value is -1.43. The van der Waals surface area contributed by atoms with Crippen LogP contribution in [0.15, 0.2) is 6.33 Å². The quantitative estimate of drug-likeness (QED) is 0.469. The first-order valence-corrected chi connectivity index (χ1v) is 6.30. The molecule has 2 unspecified atom stereocenters. The maximum absolute atomic E-state index is 11.1. The second kappa shape index (κ2) is 5.06. The Morgan fingerprint density at radius 2 is 2.17 bits per heavy atom. The smallest absolute Gasteiger partial charge is 0.348 e. The Balaban J connectivity index is 2.43. The molecule has 18 heavy (non-hydrogen) atoms. The molecule has 6 nitrogen and oxygen atoms in total. The van der Waals surface area contributed by atoms with Crippen LogP contribution < -0.4 is 4.90 Å². The molecule has 2 heterocycles. The summed E-state index contributed by atoms with van der Waals surface area (Å²) in [5.41, 5.74) is -0.194. The van der Waals surface area contributed by atoms with Crippen LogP contribution in [0.3, 0.4) is 0 Å². The van der Waals surface area contributed by atoms with Crippen LogP contribution in [0.1, 0.15) is 26.7 Å². The molecule has 1 saturated heterocycles. The molecule has 1 fully saturated rings. The summed E-state index contributed by atoms with van der Waals surface area (Å²) < 4.78 is 0. The van der Waals surface area contributed by atoms with Gasteiger partial charge in [0.15, 0.2) is 0 Å². The van der Waals surface area contributed by atoms with Crippen molar-refractivity contribution >= 4 is 23.1 Å². The average Bonchev–Trinajstić information content (AvgIpc) is 2.31. The van der Waals surface area contributed by atoms with Gasteiger partial charge in [-0.3, -0.25) is 10.1 Å². The highest BCUT2D eigenvalue weighted by atomic mass is 35.5.